The third kappa shape index (κ3) is 4.15. The maximum absolute atomic E-state index is 6.42. The topological polar surface area (TPSA) is 12.5 Å². The van der Waals surface area contributed by atoms with Crippen molar-refractivity contribution in [2.24, 2.45) is 0 Å². The van der Waals surface area contributed by atoms with Crippen LogP contribution in [0.15, 0.2) is 84.9 Å². The van der Waals surface area contributed by atoms with E-state index < -0.39 is 0 Å². The van der Waals surface area contributed by atoms with Crippen molar-refractivity contribution in [3.8, 4) is 5.75 Å². The van der Waals surface area contributed by atoms with Crippen molar-refractivity contribution in [3.63, 3.8) is 0 Å². The number of fused-ring (bicyclic) bond motifs is 1. The second-order valence-electron chi connectivity index (χ2n) is 8.93. The predicted molar refractivity (Wildman–Crippen MR) is 123 cm³/mol. The molecule has 0 atom stereocenters. The van der Waals surface area contributed by atoms with Crippen molar-refractivity contribution in [1.82, 2.24) is 4.90 Å². The molecule has 0 N–H and O–H groups in total. The lowest BCUT2D eigenvalue weighted by molar-refractivity contribution is 0.0190. The molecule has 0 unspecified atom stereocenters. The van der Waals surface area contributed by atoms with Crippen LogP contribution in [0.1, 0.15) is 48.3 Å². The smallest absolute Gasteiger partial charge is 0.123 e. The summed E-state index contributed by atoms with van der Waals surface area (Å²) in [4.78, 5) is 2.64. The van der Waals surface area contributed by atoms with E-state index in [4.69, 9.17) is 4.74 Å². The zero-order chi connectivity index (χ0) is 20.2. The van der Waals surface area contributed by atoms with Gasteiger partial charge in [0.15, 0.2) is 0 Å². The molecule has 3 aromatic carbocycles. The first-order valence-corrected chi connectivity index (χ1v) is 11.4. The van der Waals surface area contributed by atoms with E-state index in [9.17, 15) is 0 Å². The molecule has 5 rings (SSSR count). The summed E-state index contributed by atoms with van der Waals surface area (Å²) in [5.41, 5.74) is 4.30. The quantitative estimate of drug-likeness (QED) is 0.501. The maximum atomic E-state index is 6.42. The minimum absolute atomic E-state index is 0.0524. The number of hydrogen-bond acceptors (Lipinski definition) is 2. The number of ether oxygens (including phenoxy) is 1. The maximum Gasteiger partial charge on any atom is 0.123 e. The lowest BCUT2D eigenvalue weighted by Gasteiger charge is -2.38. The van der Waals surface area contributed by atoms with Crippen LogP contribution in [0.5, 0.6) is 5.75 Å². The Morgan fingerprint density at radius 1 is 0.767 bits per heavy atom. The average Bonchev–Trinajstić information content (AvgIpc) is 3.17. The minimum atomic E-state index is 0.0524. The van der Waals surface area contributed by atoms with Gasteiger partial charge in [-0.1, -0.05) is 78.9 Å². The summed E-state index contributed by atoms with van der Waals surface area (Å²) < 4.78 is 6.42. The van der Waals surface area contributed by atoms with Crippen LogP contribution in [0, 0.1) is 0 Å². The van der Waals surface area contributed by atoms with Gasteiger partial charge < -0.3 is 9.64 Å². The van der Waals surface area contributed by atoms with Crippen molar-refractivity contribution in [1.29, 1.82) is 0 Å². The monoisotopic (exact) mass is 397 g/mol. The molecule has 0 bridgehead atoms. The van der Waals surface area contributed by atoms with Crippen molar-refractivity contribution < 1.29 is 4.74 Å². The molecular weight excluding hydrogens is 366 g/mol. The first kappa shape index (κ1) is 19.4. The summed E-state index contributed by atoms with van der Waals surface area (Å²) in [6.07, 6.45) is 5.78. The summed E-state index contributed by atoms with van der Waals surface area (Å²) in [6, 6.07) is 30.5. The Hall–Kier alpha value is -2.58. The summed E-state index contributed by atoms with van der Waals surface area (Å²) in [5, 5.41) is 0. The number of nitrogens with zero attached hydrogens (tertiary/aromatic N) is 1. The van der Waals surface area contributed by atoms with E-state index in [0.717, 1.165) is 38.1 Å². The molecule has 154 valence electrons. The molecule has 1 spiro atoms. The molecule has 0 saturated carbocycles. The fourth-order valence-electron chi connectivity index (χ4n) is 5.24. The molecule has 1 fully saturated rings. The van der Waals surface area contributed by atoms with E-state index in [1.165, 1.54) is 36.1 Å². The van der Waals surface area contributed by atoms with Crippen LogP contribution in [0.25, 0.3) is 0 Å². The highest BCUT2D eigenvalue weighted by Gasteiger charge is 2.41. The van der Waals surface area contributed by atoms with Crippen LogP contribution < -0.4 is 4.74 Å². The molecule has 0 aliphatic carbocycles. The molecule has 2 nitrogen and oxygen atoms in total. The van der Waals surface area contributed by atoms with Gasteiger partial charge in [-0.3, -0.25) is 0 Å². The van der Waals surface area contributed by atoms with Gasteiger partial charge in [-0.2, -0.15) is 0 Å². The van der Waals surface area contributed by atoms with Crippen molar-refractivity contribution in [2.75, 3.05) is 19.6 Å². The molecule has 2 heterocycles. The Kier molecular flexibility index (Phi) is 5.59. The van der Waals surface area contributed by atoms with Crippen molar-refractivity contribution in [3.05, 3.63) is 102 Å². The summed E-state index contributed by atoms with van der Waals surface area (Å²) in [5.74, 6) is 1.59. The number of benzene rings is 3. The van der Waals surface area contributed by atoms with E-state index >= 15 is 0 Å². The number of para-hydroxylation sites is 1. The number of likely N-dealkylation sites (tertiary alicyclic amines) is 1. The van der Waals surface area contributed by atoms with Crippen molar-refractivity contribution in [2.45, 2.75) is 43.6 Å². The molecule has 2 aliphatic heterocycles. The molecule has 30 heavy (non-hydrogen) atoms. The molecule has 0 amide bonds. The summed E-state index contributed by atoms with van der Waals surface area (Å²) in [6.45, 7) is 3.48. The fourth-order valence-corrected chi connectivity index (χ4v) is 5.24. The Balaban J connectivity index is 1.16. The largest absolute Gasteiger partial charge is 0.487 e. The van der Waals surface area contributed by atoms with Crippen LogP contribution in [0.4, 0.5) is 0 Å². The number of rotatable bonds is 6. The van der Waals surface area contributed by atoms with Gasteiger partial charge in [-0.05, 0) is 42.1 Å². The van der Waals surface area contributed by atoms with E-state index in [0.29, 0.717) is 5.92 Å². The Morgan fingerprint density at radius 2 is 1.37 bits per heavy atom. The zero-order valence-electron chi connectivity index (χ0n) is 17.7. The predicted octanol–water partition coefficient (Wildman–Crippen LogP) is 6.07. The van der Waals surface area contributed by atoms with Gasteiger partial charge in [0.1, 0.15) is 11.4 Å². The van der Waals surface area contributed by atoms with Gasteiger partial charge in [0.2, 0.25) is 0 Å². The third-order valence-corrected chi connectivity index (χ3v) is 6.95. The molecule has 0 radical (unpaired) electrons. The Labute approximate surface area is 180 Å². The highest BCUT2D eigenvalue weighted by Crippen LogP contribution is 2.41. The highest BCUT2D eigenvalue weighted by molar-refractivity contribution is 5.39. The van der Waals surface area contributed by atoms with Crippen LogP contribution >= 0.6 is 0 Å². The van der Waals surface area contributed by atoms with Crippen molar-refractivity contribution >= 4 is 0 Å². The SMILES string of the molecule is c1ccc(C(CCCN2CCC3(CC2)Cc2ccccc2O3)c2ccccc2)cc1. The fraction of sp³-hybridized carbons (Fsp3) is 0.357. The van der Waals surface area contributed by atoms with E-state index in [1.807, 2.05) is 0 Å². The van der Waals surface area contributed by atoms with Gasteiger partial charge in [-0.15, -0.1) is 0 Å². The van der Waals surface area contributed by atoms with Crippen LogP contribution in [-0.4, -0.2) is 30.1 Å². The molecule has 1 saturated heterocycles. The summed E-state index contributed by atoms with van der Waals surface area (Å²) >= 11 is 0. The van der Waals surface area contributed by atoms with Gasteiger partial charge in [-0.25, -0.2) is 0 Å². The van der Waals surface area contributed by atoms with E-state index in [1.54, 1.807) is 0 Å². The minimum Gasteiger partial charge on any atom is -0.487 e. The second-order valence-corrected chi connectivity index (χ2v) is 8.93. The number of hydrogen-bond donors (Lipinski definition) is 0. The Bertz CT molecular complexity index is 878. The molecular formula is C28H31NO. The Morgan fingerprint density at radius 3 is 2.00 bits per heavy atom. The van der Waals surface area contributed by atoms with Gasteiger partial charge in [0, 0.05) is 38.3 Å². The lowest BCUT2D eigenvalue weighted by atomic mass is 9.86. The normalized spacial score (nSPS) is 17.8. The first-order chi connectivity index (χ1) is 14.8. The molecule has 0 aromatic heterocycles. The van der Waals surface area contributed by atoms with Crippen LogP contribution in [0.3, 0.4) is 0 Å². The third-order valence-electron chi connectivity index (χ3n) is 6.95. The average molecular weight is 398 g/mol. The van der Waals surface area contributed by atoms with Gasteiger partial charge >= 0.3 is 0 Å². The molecule has 2 heteroatoms. The molecule has 2 aliphatic rings. The molecule has 3 aromatic rings. The lowest BCUT2D eigenvalue weighted by Crippen LogP contribution is -2.47. The summed E-state index contributed by atoms with van der Waals surface area (Å²) in [7, 11) is 0. The van der Waals surface area contributed by atoms with Crippen LogP contribution in [-0.2, 0) is 6.42 Å². The first-order valence-electron chi connectivity index (χ1n) is 11.4. The van der Waals surface area contributed by atoms with Gasteiger partial charge in [0.05, 0.1) is 0 Å². The zero-order valence-corrected chi connectivity index (χ0v) is 17.7. The van der Waals surface area contributed by atoms with E-state index in [-0.39, 0.29) is 5.60 Å². The van der Waals surface area contributed by atoms with Gasteiger partial charge in [0.25, 0.3) is 0 Å². The second kappa shape index (κ2) is 8.65. The van der Waals surface area contributed by atoms with Crippen LogP contribution in [0.2, 0.25) is 0 Å². The standard InChI is InChI=1S/C28H31NO/c1-3-10-23(11-4-1)26(24-12-5-2-6-13-24)15-9-19-29-20-17-28(18-21-29)22-25-14-7-8-16-27(25)30-28/h1-8,10-14,16,26H,9,15,17-22H2. The highest BCUT2D eigenvalue weighted by atomic mass is 16.5. The number of piperidine rings is 1. The van der Waals surface area contributed by atoms with E-state index in [2.05, 4.69) is 89.8 Å².